The van der Waals surface area contributed by atoms with Gasteiger partial charge >= 0.3 is 0 Å². The summed E-state index contributed by atoms with van der Waals surface area (Å²) in [5, 5.41) is 3.01. The van der Waals surface area contributed by atoms with E-state index in [4.69, 9.17) is 14.2 Å². The van der Waals surface area contributed by atoms with E-state index in [1.807, 2.05) is 63.4 Å². The number of ether oxygens (including phenoxy) is 3. The van der Waals surface area contributed by atoms with Crippen molar-refractivity contribution in [2.45, 2.75) is 33.0 Å². The predicted molar refractivity (Wildman–Crippen MR) is 109 cm³/mol. The first-order chi connectivity index (χ1) is 13.5. The van der Waals surface area contributed by atoms with Crippen molar-refractivity contribution >= 4 is 5.91 Å². The van der Waals surface area contributed by atoms with Crippen molar-refractivity contribution in [3.05, 3.63) is 53.6 Å². The minimum atomic E-state index is -0.184. The van der Waals surface area contributed by atoms with Crippen LogP contribution in [0.4, 0.5) is 0 Å². The molecular formula is C22H31N2O4+. The molecule has 0 aliphatic carbocycles. The molecule has 1 amide bonds. The second kappa shape index (κ2) is 10.6. The molecule has 0 aliphatic rings. The van der Waals surface area contributed by atoms with Gasteiger partial charge in [-0.15, -0.1) is 0 Å². The Labute approximate surface area is 167 Å². The molecule has 0 spiro atoms. The van der Waals surface area contributed by atoms with Crippen LogP contribution in [0, 0.1) is 0 Å². The Kier molecular flexibility index (Phi) is 8.14. The Balaban J connectivity index is 1.91. The molecule has 2 rings (SSSR count). The van der Waals surface area contributed by atoms with Gasteiger partial charge in [-0.25, -0.2) is 0 Å². The van der Waals surface area contributed by atoms with E-state index >= 15 is 0 Å². The van der Waals surface area contributed by atoms with Crippen LogP contribution >= 0.6 is 0 Å². The van der Waals surface area contributed by atoms with E-state index in [9.17, 15) is 4.79 Å². The van der Waals surface area contributed by atoms with Crippen LogP contribution in [0.15, 0.2) is 42.5 Å². The minimum absolute atomic E-state index is 0.0196. The largest absolute Gasteiger partial charge is 0.497 e. The van der Waals surface area contributed by atoms with E-state index in [1.54, 1.807) is 14.2 Å². The molecule has 0 fully saturated rings. The number of nitrogens with one attached hydrogen (secondary N) is 2. The summed E-state index contributed by atoms with van der Waals surface area (Å²) in [5.41, 5.74) is 2.13. The second-order valence-electron chi connectivity index (χ2n) is 6.73. The number of amides is 1. The van der Waals surface area contributed by atoms with Gasteiger partial charge < -0.3 is 24.4 Å². The monoisotopic (exact) mass is 387 g/mol. The van der Waals surface area contributed by atoms with E-state index in [0.717, 1.165) is 27.5 Å². The fraction of sp³-hybridized carbons (Fsp3) is 0.409. The highest BCUT2D eigenvalue weighted by Crippen LogP contribution is 2.27. The summed E-state index contributed by atoms with van der Waals surface area (Å²) < 4.78 is 16.1. The molecule has 1 unspecified atom stereocenters. The lowest BCUT2D eigenvalue weighted by Crippen LogP contribution is -3.12. The predicted octanol–water partition coefficient (Wildman–Crippen LogP) is 1.82. The summed E-state index contributed by atoms with van der Waals surface area (Å²) >= 11 is 0. The highest BCUT2D eigenvalue weighted by molar-refractivity contribution is 5.79. The number of rotatable bonds is 10. The third kappa shape index (κ3) is 5.89. The number of quaternary nitrogens is 1. The first-order valence-electron chi connectivity index (χ1n) is 9.51. The van der Waals surface area contributed by atoms with Gasteiger partial charge in [0.25, 0.3) is 5.91 Å². The molecule has 2 atom stereocenters. The lowest BCUT2D eigenvalue weighted by Gasteiger charge is -2.21. The molecule has 28 heavy (non-hydrogen) atoms. The molecular weight excluding hydrogens is 356 g/mol. The van der Waals surface area contributed by atoms with Gasteiger partial charge in [-0.2, -0.15) is 0 Å². The molecule has 2 aromatic carbocycles. The van der Waals surface area contributed by atoms with Gasteiger partial charge in [-0.1, -0.05) is 12.1 Å². The summed E-state index contributed by atoms with van der Waals surface area (Å²) in [4.78, 5) is 13.6. The molecule has 0 aromatic heterocycles. The maximum atomic E-state index is 12.5. The van der Waals surface area contributed by atoms with E-state index in [0.29, 0.717) is 25.4 Å². The van der Waals surface area contributed by atoms with Gasteiger partial charge in [-0.05, 0) is 49.7 Å². The Morgan fingerprint density at radius 2 is 1.71 bits per heavy atom. The van der Waals surface area contributed by atoms with Crippen LogP contribution in [0.2, 0.25) is 0 Å². The zero-order chi connectivity index (χ0) is 20.5. The zero-order valence-electron chi connectivity index (χ0n) is 17.4. The summed E-state index contributed by atoms with van der Waals surface area (Å²) in [6.45, 7) is 5.67. The average Bonchev–Trinajstić information content (AvgIpc) is 2.72. The smallest absolute Gasteiger partial charge is 0.278 e. The third-order valence-electron chi connectivity index (χ3n) is 4.77. The van der Waals surface area contributed by atoms with Crippen molar-refractivity contribution in [1.82, 2.24) is 5.32 Å². The van der Waals surface area contributed by atoms with Crippen LogP contribution in [-0.2, 0) is 17.9 Å². The van der Waals surface area contributed by atoms with Gasteiger partial charge in [0.2, 0.25) is 0 Å². The number of carbonyl (C=O) groups excluding carboxylic acids is 1. The third-order valence-corrected chi connectivity index (χ3v) is 4.77. The average molecular weight is 388 g/mol. The molecule has 6 nitrogen and oxygen atoms in total. The van der Waals surface area contributed by atoms with Crippen LogP contribution in [-0.4, -0.2) is 39.8 Å². The molecule has 0 saturated carbocycles. The van der Waals surface area contributed by atoms with E-state index in [-0.39, 0.29) is 11.9 Å². The first-order valence-corrected chi connectivity index (χ1v) is 9.51. The van der Waals surface area contributed by atoms with Crippen molar-refractivity contribution < 1.29 is 23.9 Å². The molecule has 2 aromatic rings. The van der Waals surface area contributed by atoms with Crippen LogP contribution in [0.3, 0.4) is 0 Å². The highest BCUT2D eigenvalue weighted by Gasteiger charge is 2.22. The van der Waals surface area contributed by atoms with Crippen LogP contribution in [0.25, 0.3) is 0 Å². The van der Waals surface area contributed by atoms with Crippen LogP contribution in [0.5, 0.6) is 17.2 Å². The summed E-state index contributed by atoms with van der Waals surface area (Å²) in [6, 6.07) is 13.4. The van der Waals surface area contributed by atoms with Crippen molar-refractivity contribution in [2.75, 3.05) is 27.9 Å². The first kappa shape index (κ1) is 21.6. The quantitative estimate of drug-likeness (QED) is 0.653. The normalized spacial score (nSPS) is 12.8. The number of hydrogen-bond donors (Lipinski definition) is 2. The van der Waals surface area contributed by atoms with Gasteiger partial charge in [-0.3, -0.25) is 4.79 Å². The minimum Gasteiger partial charge on any atom is -0.497 e. The lowest BCUT2D eigenvalue weighted by atomic mass is 10.1. The number of carbonyl (C=O) groups is 1. The molecule has 2 N–H and O–H groups in total. The van der Waals surface area contributed by atoms with Gasteiger partial charge in [0.1, 0.15) is 12.3 Å². The Morgan fingerprint density at radius 1 is 1.04 bits per heavy atom. The van der Waals surface area contributed by atoms with Crippen molar-refractivity contribution in [1.29, 1.82) is 0 Å². The lowest BCUT2D eigenvalue weighted by molar-refractivity contribution is -0.908. The number of methoxy groups -OCH3 is 2. The number of likely N-dealkylation sites (N-methyl/N-ethyl adjacent to an activating group) is 1. The number of benzene rings is 2. The highest BCUT2D eigenvalue weighted by atomic mass is 16.5. The Hall–Kier alpha value is -2.73. The summed E-state index contributed by atoms with van der Waals surface area (Å²) in [7, 11) is 5.28. The maximum Gasteiger partial charge on any atom is 0.278 e. The Bertz CT molecular complexity index is 762. The second-order valence-corrected chi connectivity index (χ2v) is 6.73. The molecule has 0 heterocycles. The van der Waals surface area contributed by atoms with Gasteiger partial charge in [0.15, 0.2) is 17.5 Å². The van der Waals surface area contributed by atoms with Crippen molar-refractivity contribution in [3.63, 3.8) is 0 Å². The number of hydrogen-bond acceptors (Lipinski definition) is 4. The summed E-state index contributed by atoms with van der Waals surface area (Å²) in [5.74, 6) is 2.27. The van der Waals surface area contributed by atoms with E-state index in [2.05, 4.69) is 5.32 Å². The fourth-order valence-electron chi connectivity index (χ4n) is 2.88. The maximum absolute atomic E-state index is 12.5. The van der Waals surface area contributed by atoms with E-state index < -0.39 is 0 Å². The fourth-order valence-corrected chi connectivity index (χ4v) is 2.88. The zero-order valence-corrected chi connectivity index (χ0v) is 17.4. The molecule has 0 saturated heterocycles. The molecule has 152 valence electrons. The summed E-state index contributed by atoms with van der Waals surface area (Å²) in [6.07, 6.45) is 0. The topological polar surface area (TPSA) is 61.2 Å². The molecule has 0 aliphatic heterocycles. The van der Waals surface area contributed by atoms with Gasteiger partial charge in [0, 0.05) is 12.1 Å². The molecule has 6 heteroatoms. The van der Waals surface area contributed by atoms with Gasteiger partial charge in [0.05, 0.1) is 27.9 Å². The van der Waals surface area contributed by atoms with Crippen molar-refractivity contribution in [3.8, 4) is 17.2 Å². The molecule has 0 radical (unpaired) electrons. The SMILES string of the molecule is CCOc1ccc(C[NH+](C)[C@@H](C)C(=O)NCc2ccc(OC)cc2)cc1OC. The Morgan fingerprint density at radius 3 is 2.32 bits per heavy atom. The van der Waals surface area contributed by atoms with Crippen LogP contribution in [0.1, 0.15) is 25.0 Å². The molecule has 0 bridgehead atoms. The standard InChI is InChI=1S/C22H30N2O4/c1-6-28-20-12-9-18(13-21(20)27-5)15-24(3)16(2)22(25)23-14-17-7-10-19(26-4)11-8-17/h7-13,16H,6,14-15H2,1-5H3,(H,23,25)/p+1/t16-/m0/s1. The van der Waals surface area contributed by atoms with Crippen LogP contribution < -0.4 is 24.4 Å². The van der Waals surface area contributed by atoms with Crippen molar-refractivity contribution in [2.24, 2.45) is 0 Å². The van der Waals surface area contributed by atoms with E-state index in [1.165, 1.54) is 0 Å².